The fraction of sp³-hybridized carbons (Fsp3) is 0.167. The molecule has 1 amide bonds. The van der Waals surface area contributed by atoms with Crippen LogP contribution in [0.1, 0.15) is 33.2 Å². The molecule has 0 aliphatic carbocycles. The van der Waals surface area contributed by atoms with Gasteiger partial charge in [-0.15, -0.1) is 0 Å². The van der Waals surface area contributed by atoms with Crippen LogP contribution in [0, 0.1) is 22.9 Å². The molecule has 0 unspecified atom stereocenters. The number of nitrogens with zero attached hydrogens (tertiary/aromatic N) is 1. The lowest BCUT2D eigenvalue weighted by Gasteiger charge is -2.08. The highest BCUT2D eigenvalue weighted by Crippen LogP contribution is 2.22. The highest BCUT2D eigenvalue weighted by Gasteiger charge is 2.21. The predicted octanol–water partition coefficient (Wildman–Crippen LogP) is 3.04. The summed E-state index contributed by atoms with van der Waals surface area (Å²) in [5.74, 6) is -3.00. The summed E-state index contributed by atoms with van der Waals surface area (Å²) in [5, 5.41) is 13.3. The highest BCUT2D eigenvalue weighted by atomic mass is 19.1. The molecule has 0 aliphatic rings. The molecule has 27 heavy (non-hydrogen) atoms. The number of carbonyl (C=O) groups excluding carboxylic acids is 3. The van der Waals surface area contributed by atoms with Gasteiger partial charge in [-0.2, -0.15) is 0 Å². The van der Waals surface area contributed by atoms with Gasteiger partial charge in [0.25, 0.3) is 5.69 Å². The summed E-state index contributed by atoms with van der Waals surface area (Å²) in [6, 6.07) is 7.37. The first-order chi connectivity index (χ1) is 12.7. The number of ether oxygens (including phenoxy) is 1. The Kier molecular flexibility index (Phi) is 5.96. The number of nitro groups is 1. The first-order valence-corrected chi connectivity index (χ1v) is 7.72. The van der Waals surface area contributed by atoms with E-state index in [0.29, 0.717) is 0 Å². The van der Waals surface area contributed by atoms with Gasteiger partial charge < -0.3 is 10.1 Å². The van der Waals surface area contributed by atoms with Crippen molar-refractivity contribution < 1.29 is 28.4 Å². The van der Waals surface area contributed by atoms with Gasteiger partial charge in [0, 0.05) is 24.2 Å². The minimum atomic E-state index is -0.931. The third kappa shape index (κ3) is 4.72. The molecule has 0 fully saturated rings. The lowest BCUT2D eigenvalue weighted by molar-refractivity contribution is -0.385. The lowest BCUT2D eigenvalue weighted by atomic mass is 10.1. The number of halogens is 1. The summed E-state index contributed by atoms with van der Waals surface area (Å²) in [6.07, 6.45) is 0. The maximum absolute atomic E-state index is 14.0. The number of Topliss-reactive ketones (excluding diaryl/α,β-unsaturated/α-hetero) is 1. The van der Waals surface area contributed by atoms with Gasteiger partial charge in [-0.25, -0.2) is 9.18 Å². The second-order valence-corrected chi connectivity index (χ2v) is 5.58. The quantitative estimate of drug-likeness (QED) is 0.360. The van der Waals surface area contributed by atoms with E-state index in [-0.39, 0.29) is 28.1 Å². The Bertz CT molecular complexity index is 941. The first kappa shape index (κ1) is 19.7. The molecule has 2 aromatic rings. The van der Waals surface area contributed by atoms with Gasteiger partial charge in [-0.1, -0.05) is 6.07 Å². The van der Waals surface area contributed by atoms with Gasteiger partial charge >= 0.3 is 5.97 Å². The molecule has 2 aromatic carbocycles. The zero-order valence-electron chi connectivity index (χ0n) is 14.4. The van der Waals surface area contributed by atoms with Gasteiger partial charge in [0.05, 0.1) is 16.1 Å². The maximum Gasteiger partial charge on any atom is 0.339 e. The van der Waals surface area contributed by atoms with Crippen LogP contribution in [0.15, 0.2) is 36.4 Å². The van der Waals surface area contributed by atoms with E-state index in [1.54, 1.807) is 0 Å². The number of anilines is 1. The smallest absolute Gasteiger partial charge is 0.339 e. The van der Waals surface area contributed by atoms with Crippen molar-refractivity contribution in [2.75, 3.05) is 11.9 Å². The number of ketones is 1. The zero-order valence-corrected chi connectivity index (χ0v) is 14.4. The van der Waals surface area contributed by atoms with Crippen LogP contribution < -0.4 is 5.32 Å². The molecule has 0 spiro atoms. The number of hydrogen-bond acceptors (Lipinski definition) is 6. The summed E-state index contributed by atoms with van der Waals surface area (Å²) in [7, 11) is 0. The molecule has 0 aromatic heterocycles. The third-order valence-corrected chi connectivity index (χ3v) is 3.65. The summed E-state index contributed by atoms with van der Waals surface area (Å²) < 4.78 is 18.9. The van der Waals surface area contributed by atoms with Gasteiger partial charge in [0.15, 0.2) is 6.61 Å². The van der Waals surface area contributed by atoms with Gasteiger partial charge in [0.1, 0.15) is 5.82 Å². The van der Waals surface area contributed by atoms with Gasteiger partial charge in [-0.05, 0) is 31.2 Å². The molecule has 0 saturated carbocycles. The van der Waals surface area contributed by atoms with Crippen LogP contribution in [0.5, 0.6) is 0 Å². The highest BCUT2D eigenvalue weighted by molar-refractivity contribution is 6.00. The average Bonchev–Trinajstić information content (AvgIpc) is 2.58. The molecule has 1 N–H and O–H groups in total. The van der Waals surface area contributed by atoms with E-state index in [2.05, 4.69) is 5.32 Å². The number of benzene rings is 2. The Balaban J connectivity index is 2.10. The molecule has 9 heteroatoms. The lowest BCUT2D eigenvalue weighted by Crippen LogP contribution is -2.16. The van der Waals surface area contributed by atoms with Crippen molar-refractivity contribution in [1.29, 1.82) is 0 Å². The van der Waals surface area contributed by atoms with Crippen LogP contribution in [-0.2, 0) is 9.53 Å². The second-order valence-electron chi connectivity index (χ2n) is 5.58. The van der Waals surface area contributed by atoms with Gasteiger partial charge in [0.2, 0.25) is 11.7 Å². The molecule has 140 valence electrons. The normalized spacial score (nSPS) is 10.2. The minimum absolute atomic E-state index is 0.0570. The van der Waals surface area contributed by atoms with Crippen LogP contribution in [0.3, 0.4) is 0 Å². The van der Waals surface area contributed by atoms with Crippen LogP contribution in [0.25, 0.3) is 0 Å². The Morgan fingerprint density at radius 2 is 1.89 bits per heavy atom. The van der Waals surface area contributed by atoms with Gasteiger partial charge in [-0.3, -0.25) is 19.7 Å². The van der Waals surface area contributed by atoms with E-state index in [1.165, 1.54) is 38.1 Å². The Morgan fingerprint density at radius 1 is 1.19 bits per heavy atom. The van der Waals surface area contributed by atoms with E-state index < -0.39 is 35.0 Å². The molecule has 2 rings (SSSR count). The topological polar surface area (TPSA) is 116 Å². The molecule has 0 radical (unpaired) electrons. The molecule has 0 heterocycles. The van der Waals surface area contributed by atoms with E-state index >= 15 is 0 Å². The Hall–Kier alpha value is -3.62. The number of nitro benzene ring substituents is 1. The minimum Gasteiger partial charge on any atom is -0.454 e. The summed E-state index contributed by atoms with van der Waals surface area (Å²) in [5.41, 5.74) is -0.340. The van der Waals surface area contributed by atoms with E-state index in [1.807, 2.05) is 0 Å². The van der Waals surface area contributed by atoms with Crippen LogP contribution in [0.4, 0.5) is 15.8 Å². The monoisotopic (exact) mass is 374 g/mol. The largest absolute Gasteiger partial charge is 0.454 e. The number of hydrogen-bond donors (Lipinski definition) is 1. The van der Waals surface area contributed by atoms with Crippen molar-refractivity contribution in [1.82, 2.24) is 0 Å². The molecular weight excluding hydrogens is 359 g/mol. The summed E-state index contributed by atoms with van der Waals surface area (Å²) in [6.45, 7) is 1.90. The van der Waals surface area contributed by atoms with Crippen molar-refractivity contribution in [2.45, 2.75) is 13.8 Å². The van der Waals surface area contributed by atoms with E-state index in [4.69, 9.17) is 4.74 Å². The van der Waals surface area contributed by atoms with Crippen molar-refractivity contribution in [3.63, 3.8) is 0 Å². The number of amides is 1. The summed E-state index contributed by atoms with van der Waals surface area (Å²) in [4.78, 5) is 45.4. The molecule has 0 saturated heterocycles. The maximum atomic E-state index is 14.0. The van der Waals surface area contributed by atoms with Crippen LogP contribution in [0.2, 0.25) is 0 Å². The third-order valence-electron chi connectivity index (χ3n) is 3.65. The first-order valence-electron chi connectivity index (χ1n) is 7.72. The zero-order chi connectivity index (χ0) is 20.1. The van der Waals surface area contributed by atoms with Crippen LogP contribution >= 0.6 is 0 Å². The van der Waals surface area contributed by atoms with Crippen molar-refractivity contribution >= 4 is 29.0 Å². The fourth-order valence-corrected chi connectivity index (χ4v) is 2.35. The Morgan fingerprint density at radius 3 is 2.48 bits per heavy atom. The molecule has 0 aliphatic heterocycles. The van der Waals surface area contributed by atoms with Crippen molar-refractivity contribution in [3.8, 4) is 0 Å². The van der Waals surface area contributed by atoms with E-state index in [9.17, 15) is 28.9 Å². The SMILES string of the molecule is CC(=O)Nc1ccc(C(=O)COC(=O)c2cccc([N+](=O)[O-])c2C)c(F)c1. The van der Waals surface area contributed by atoms with Crippen LogP contribution in [-0.4, -0.2) is 29.2 Å². The molecule has 0 atom stereocenters. The number of esters is 1. The van der Waals surface area contributed by atoms with Crippen molar-refractivity contribution in [3.05, 3.63) is 69.0 Å². The average molecular weight is 374 g/mol. The molecule has 8 nitrogen and oxygen atoms in total. The van der Waals surface area contributed by atoms with Crippen molar-refractivity contribution in [2.24, 2.45) is 0 Å². The Labute approximate surface area is 153 Å². The number of rotatable bonds is 6. The standard InChI is InChI=1S/C18H15FN2O6/c1-10-13(4-3-5-16(10)21(25)26)18(24)27-9-17(23)14-7-6-12(8-15(14)19)20-11(2)22/h3-8H,9H2,1-2H3,(H,20,22). The molecule has 0 bridgehead atoms. The second kappa shape index (κ2) is 8.17. The van der Waals surface area contributed by atoms with E-state index in [0.717, 1.165) is 12.1 Å². The fourth-order valence-electron chi connectivity index (χ4n) is 2.35. The summed E-state index contributed by atoms with van der Waals surface area (Å²) >= 11 is 0. The number of carbonyl (C=O) groups is 3. The number of nitrogens with one attached hydrogen (secondary N) is 1. The predicted molar refractivity (Wildman–Crippen MR) is 93.2 cm³/mol. The molecular formula is C18H15FN2O6.